The van der Waals surface area contributed by atoms with Crippen molar-refractivity contribution in [2.45, 2.75) is 39.5 Å². The lowest BCUT2D eigenvalue weighted by atomic mass is 10.0. The van der Waals surface area contributed by atoms with Crippen molar-refractivity contribution in [1.29, 1.82) is 0 Å². The lowest BCUT2D eigenvalue weighted by Gasteiger charge is -2.25. The van der Waals surface area contributed by atoms with Crippen molar-refractivity contribution in [2.75, 3.05) is 18.0 Å². The average molecular weight is 535 g/mol. The molecule has 0 aliphatic carbocycles. The number of hydrogen-bond donors (Lipinski definition) is 1. The number of thiophene rings is 1. The number of carboxylic acids is 1. The van der Waals surface area contributed by atoms with E-state index in [-0.39, 0.29) is 5.70 Å². The fourth-order valence-corrected chi connectivity index (χ4v) is 5.32. The number of nitrogens with zero attached hydrogens (tertiary/aromatic N) is 2. The summed E-state index contributed by atoms with van der Waals surface area (Å²) >= 11 is 1.61. The molecule has 198 valence electrons. The van der Waals surface area contributed by atoms with E-state index in [9.17, 15) is 4.79 Å². The molecule has 0 unspecified atom stereocenters. The molecule has 0 bridgehead atoms. The van der Waals surface area contributed by atoms with E-state index in [1.165, 1.54) is 59.0 Å². The molecule has 0 saturated heterocycles. The maximum atomic E-state index is 10.9. The molecule has 5 heteroatoms. The Bertz CT molecular complexity index is 1580. The normalized spacial score (nSPS) is 12.1. The van der Waals surface area contributed by atoms with Crippen LogP contribution < -0.4 is 4.90 Å². The predicted molar refractivity (Wildman–Crippen MR) is 168 cm³/mol. The summed E-state index contributed by atoms with van der Waals surface area (Å²) in [6, 6.07) is 22.0. The zero-order chi connectivity index (χ0) is 27.6. The van der Waals surface area contributed by atoms with E-state index in [1.54, 1.807) is 17.4 Å². The topological polar surface area (TPSA) is 44.9 Å². The van der Waals surface area contributed by atoms with E-state index in [0.29, 0.717) is 0 Å². The first-order valence-corrected chi connectivity index (χ1v) is 14.3. The Kier molecular flexibility index (Phi) is 9.72. The fraction of sp³-hybridized carbons (Fsp3) is 0.235. The molecule has 0 amide bonds. The van der Waals surface area contributed by atoms with Gasteiger partial charge in [0.15, 0.2) is 0 Å². The lowest BCUT2D eigenvalue weighted by Crippen LogP contribution is -2.25. The SMILES string of the molecule is [C-]#[N+]C(=CC=Cc1ccc(C=Cc2ccc3cc4cc(N(CCCC)CCCC)ccc4cc3c2)s1)C(=O)O. The van der Waals surface area contributed by atoms with E-state index in [2.05, 4.69) is 84.3 Å². The van der Waals surface area contributed by atoms with Crippen LogP contribution in [0.3, 0.4) is 0 Å². The average Bonchev–Trinajstić information content (AvgIpc) is 3.40. The van der Waals surface area contributed by atoms with Crippen molar-refractivity contribution >= 4 is 62.8 Å². The van der Waals surface area contributed by atoms with Crippen molar-refractivity contribution in [3.63, 3.8) is 0 Å². The van der Waals surface area contributed by atoms with Gasteiger partial charge in [-0.15, -0.1) is 11.3 Å². The van der Waals surface area contributed by atoms with Crippen molar-refractivity contribution in [2.24, 2.45) is 0 Å². The third kappa shape index (κ3) is 7.46. The van der Waals surface area contributed by atoms with Gasteiger partial charge < -0.3 is 10.0 Å². The summed E-state index contributed by atoms with van der Waals surface area (Å²) in [7, 11) is 0. The minimum absolute atomic E-state index is 0.298. The van der Waals surface area contributed by atoms with Gasteiger partial charge in [-0.25, -0.2) is 4.85 Å². The summed E-state index contributed by atoms with van der Waals surface area (Å²) in [6.07, 6.45) is 13.8. The molecule has 39 heavy (non-hydrogen) atoms. The molecule has 0 saturated carbocycles. The third-order valence-corrected chi connectivity index (χ3v) is 7.69. The molecule has 4 nitrogen and oxygen atoms in total. The Labute approximate surface area is 235 Å². The third-order valence-electron chi connectivity index (χ3n) is 6.67. The molecule has 0 aliphatic rings. The van der Waals surface area contributed by atoms with Crippen LogP contribution in [0.15, 0.2) is 78.5 Å². The zero-order valence-electron chi connectivity index (χ0n) is 22.6. The summed E-state index contributed by atoms with van der Waals surface area (Å²) in [4.78, 5) is 18.6. The highest BCUT2D eigenvalue weighted by molar-refractivity contribution is 7.13. The maximum Gasteiger partial charge on any atom is 0.333 e. The van der Waals surface area contributed by atoms with Gasteiger partial charge in [0, 0.05) is 28.5 Å². The smallest absolute Gasteiger partial charge is 0.333 e. The number of allylic oxidation sites excluding steroid dienone is 2. The van der Waals surface area contributed by atoms with Crippen LogP contribution in [0.4, 0.5) is 5.69 Å². The van der Waals surface area contributed by atoms with Gasteiger partial charge in [-0.1, -0.05) is 57.0 Å². The predicted octanol–water partition coefficient (Wildman–Crippen LogP) is 9.53. The largest absolute Gasteiger partial charge is 0.486 e. The lowest BCUT2D eigenvalue weighted by molar-refractivity contribution is -0.132. The molecule has 1 aromatic heterocycles. The van der Waals surface area contributed by atoms with Crippen LogP contribution in [0.1, 0.15) is 54.8 Å². The molecule has 4 aromatic rings. The van der Waals surface area contributed by atoms with Crippen molar-refractivity contribution in [1.82, 2.24) is 0 Å². The van der Waals surface area contributed by atoms with E-state index < -0.39 is 5.97 Å². The highest BCUT2D eigenvalue weighted by atomic mass is 32.1. The quantitative estimate of drug-likeness (QED) is 0.0852. The van der Waals surface area contributed by atoms with Crippen LogP contribution in [-0.4, -0.2) is 24.2 Å². The Hall–Kier alpha value is -4.14. The molecular weight excluding hydrogens is 500 g/mol. The van der Waals surface area contributed by atoms with Crippen molar-refractivity contribution in [3.8, 4) is 0 Å². The number of carbonyl (C=O) groups is 1. The number of hydrogen-bond acceptors (Lipinski definition) is 3. The second kappa shape index (κ2) is 13.6. The first kappa shape index (κ1) is 27.9. The number of unbranched alkanes of at least 4 members (excludes halogenated alkanes) is 2. The van der Waals surface area contributed by atoms with Crippen LogP contribution in [0.25, 0.3) is 44.6 Å². The minimum atomic E-state index is -1.21. The number of aliphatic carboxylic acids is 1. The summed E-state index contributed by atoms with van der Waals surface area (Å²) in [6.45, 7) is 13.6. The molecule has 1 heterocycles. The molecule has 0 spiro atoms. The monoisotopic (exact) mass is 534 g/mol. The standard InChI is InChI=1S/C34H34N2O2S/c1-4-6-19-36(20-7-5-2)30-15-14-27-22-28-21-25(11-13-26(28)23-29(27)24-30)12-16-32-18-17-31(39-32)9-8-10-33(35-3)34(37)38/h8-18,21-24H,4-7,19-20H2,1-2H3,(H,37,38). The van der Waals surface area contributed by atoms with Crippen LogP contribution in [-0.2, 0) is 4.79 Å². The highest BCUT2D eigenvalue weighted by Crippen LogP contribution is 2.29. The van der Waals surface area contributed by atoms with Crippen LogP contribution in [0, 0.1) is 6.57 Å². The van der Waals surface area contributed by atoms with Crippen molar-refractivity contribution in [3.05, 3.63) is 105 Å². The molecule has 4 rings (SSSR count). The van der Waals surface area contributed by atoms with E-state index in [4.69, 9.17) is 11.7 Å². The number of anilines is 1. The van der Waals surface area contributed by atoms with Crippen LogP contribution in [0.2, 0.25) is 0 Å². The minimum Gasteiger partial charge on any atom is -0.486 e. The van der Waals surface area contributed by atoms with Gasteiger partial charge >= 0.3 is 5.97 Å². The summed E-state index contributed by atoms with van der Waals surface area (Å²) < 4.78 is 0. The van der Waals surface area contributed by atoms with E-state index in [0.717, 1.165) is 28.4 Å². The fourth-order valence-electron chi connectivity index (χ4n) is 4.49. The zero-order valence-corrected chi connectivity index (χ0v) is 23.4. The van der Waals surface area contributed by atoms with Crippen molar-refractivity contribution < 1.29 is 9.90 Å². The summed E-state index contributed by atoms with van der Waals surface area (Å²) in [5, 5.41) is 13.9. The molecule has 0 fully saturated rings. The molecule has 1 N–H and O–H groups in total. The van der Waals surface area contributed by atoms with Gasteiger partial charge in [-0.2, -0.15) is 0 Å². The Morgan fingerprint density at radius 2 is 1.49 bits per heavy atom. The second-order valence-corrected chi connectivity index (χ2v) is 10.7. The molecule has 0 atom stereocenters. The first-order chi connectivity index (χ1) is 19.0. The maximum absolute atomic E-state index is 10.9. The van der Waals surface area contributed by atoms with Crippen LogP contribution in [0.5, 0.6) is 0 Å². The number of fused-ring (bicyclic) bond motifs is 2. The number of benzene rings is 3. The van der Waals surface area contributed by atoms with Gasteiger partial charge in [0.05, 0.1) is 6.57 Å². The molecule has 0 radical (unpaired) electrons. The highest BCUT2D eigenvalue weighted by Gasteiger charge is 2.08. The van der Waals surface area contributed by atoms with Gasteiger partial charge in [-0.05, 0) is 101 Å². The van der Waals surface area contributed by atoms with E-state index >= 15 is 0 Å². The number of carboxylic acid groups (broad SMARTS) is 1. The van der Waals surface area contributed by atoms with Crippen LogP contribution >= 0.6 is 11.3 Å². The molecular formula is C34H34N2O2S. The second-order valence-electron chi connectivity index (χ2n) is 9.59. The van der Waals surface area contributed by atoms with Gasteiger partial charge in [0.1, 0.15) is 0 Å². The van der Waals surface area contributed by atoms with Gasteiger partial charge in [0.2, 0.25) is 0 Å². The summed E-state index contributed by atoms with van der Waals surface area (Å²) in [5.41, 5.74) is 2.16. The molecule has 3 aromatic carbocycles. The Balaban J connectivity index is 1.51. The van der Waals surface area contributed by atoms with Gasteiger partial charge in [0.25, 0.3) is 5.70 Å². The first-order valence-electron chi connectivity index (χ1n) is 13.5. The molecule has 0 aliphatic heterocycles. The number of rotatable bonds is 12. The Morgan fingerprint density at radius 3 is 2.13 bits per heavy atom. The van der Waals surface area contributed by atoms with E-state index in [1.807, 2.05) is 18.2 Å². The summed E-state index contributed by atoms with van der Waals surface area (Å²) in [5.74, 6) is -1.21. The van der Waals surface area contributed by atoms with Gasteiger partial charge in [-0.3, -0.25) is 4.79 Å². The Morgan fingerprint density at radius 1 is 0.846 bits per heavy atom.